The molecule has 0 aliphatic carbocycles. The van der Waals surface area contributed by atoms with Gasteiger partial charge in [0.15, 0.2) is 5.79 Å². The fourth-order valence-corrected chi connectivity index (χ4v) is 1.29. The lowest BCUT2D eigenvalue weighted by atomic mass is 10.2. The molecule has 0 N–H and O–H groups in total. The highest BCUT2D eigenvalue weighted by Gasteiger charge is 2.27. The van der Waals surface area contributed by atoms with E-state index < -0.39 is 5.79 Å². The van der Waals surface area contributed by atoms with Crippen LogP contribution in [0.2, 0.25) is 0 Å². The van der Waals surface area contributed by atoms with E-state index in [0.717, 1.165) is 6.42 Å². The molecule has 3 heteroatoms. The fraction of sp³-hybridized carbons (Fsp3) is 1.00. The fourth-order valence-electron chi connectivity index (χ4n) is 0.944. The first-order valence-corrected chi connectivity index (χ1v) is 4.62. The zero-order chi connectivity index (χ0) is 8.74. The van der Waals surface area contributed by atoms with Gasteiger partial charge in [-0.1, -0.05) is 6.92 Å². The van der Waals surface area contributed by atoms with Crippen molar-refractivity contribution < 1.29 is 9.47 Å². The van der Waals surface area contributed by atoms with Crippen LogP contribution in [-0.4, -0.2) is 24.9 Å². The molecule has 0 unspecified atom stereocenters. The first kappa shape index (κ1) is 11.2. The average molecular weight is 181 g/mol. The van der Waals surface area contributed by atoms with E-state index in [9.17, 15) is 0 Å². The van der Waals surface area contributed by atoms with Gasteiger partial charge in [0.2, 0.25) is 0 Å². The molecule has 0 atom stereocenters. The van der Waals surface area contributed by atoms with Crippen molar-refractivity contribution in [2.24, 2.45) is 0 Å². The third kappa shape index (κ3) is 3.41. The Labute approximate surface area is 73.8 Å². The van der Waals surface area contributed by atoms with Crippen molar-refractivity contribution in [2.75, 3.05) is 19.1 Å². The van der Waals surface area contributed by atoms with E-state index in [2.05, 4.69) is 0 Å². The summed E-state index contributed by atoms with van der Waals surface area (Å²) >= 11 is 5.73. The Morgan fingerprint density at radius 2 is 1.55 bits per heavy atom. The normalized spacial score (nSPS) is 12.0. The largest absolute Gasteiger partial charge is 0.349 e. The van der Waals surface area contributed by atoms with Crippen LogP contribution in [0.25, 0.3) is 0 Å². The second kappa shape index (κ2) is 5.81. The molecule has 0 heterocycles. The number of ether oxygens (including phenoxy) is 2. The minimum Gasteiger partial charge on any atom is -0.349 e. The van der Waals surface area contributed by atoms with Crippen molar-refractivity contribution in [1.82, 2.24) is 0 Å². The summed E-state index contributed by atoms with van der Waals surface area (Å²) in [5.74, 6) is -0.157. The van der Waals surface area contributed by atoms with Crippen LogP contribution in [0, 0.1) is 0 Å². The van der Waals surface area contributed by atoms with E-state index in [4.69, 9.17) is 21.1 Å². The van der Waals surface area contributed by atoms with Crippen LogP contribution in [0.4, 0.5) is 0 Å². The summed E-state index contributed by atoms with van der Waals surface area (Å²) in [6.45, 7) is 7.17. The maximum atomic E-state index is 5.73. The molecule has 0 saturated carbocycles. The minimum atomic E-state index is -0.551. The summed E-state index contributed by atoms with van der Waals surface area (Å²) in [7, 11) is 0. The Balaban J connectivity index is 3.96. The van der Waals surface area contributed by atoms with Crippen molar-refractivity contribution in [2.45, 2.75) is 33.0 Å². The highest BCUT2D eigenvalue weighted by atomic mass is 35.5. The van der Waals surface area contributed by atoms with Gasteiger partial charge in [-0.05, 0) is 20.3 Å². The van der Waals surface area contributed by atoms with Gasteiger partial charge in [-0.2, -0.15) is 0 Å². The third-order valence-corrected chi connectivity index (χ3v) is 1.96. The molecular weight excluding hydrogens is 164 g/mol. The van der Waals surface area contributed by atoms with Gasteiger partial charge in [0.05, 0.1) is 5.88 Å². The molecule has 0 saturated heterocycles. The van der Waals surface area contributed by atoms with E-state index in [1.807, 2.05) is 20.8 Å². The van der Waals surface area contributed by atoms with Gasteiger partial charge in [0, 0.05) is 13.2 Å². The summed E-state index contributed by atoms with van der Waals surface area (Å²) in [6.07, 6.45) is 0.790. The molecule has 68 valence electrons. The van der Waals surface area contributed by atoms with Crippen molar-refractivity contribution in [1.29, 1.82) is 0 Å². The second-order valence-electron chi connectivity index (χ2n) is 2.26. The molecule has 0 aliphatic heterocycles. The lowest BCUT2D eigenvalue weighted by molar-refractivity contribution is -0.219. The quantitative estimate of drug-likeness (QED) is 0.462. The van der Waals surface area contributed by atoms with E-state index in [1.54, 1.807) is 0 Å². The molecule has 0 aliphatic rings. The van der Waals surface area contributed by atoms with Gasteiger partial charge < -0.3 is 9.47 Å². The smallest absolute Gasteiger partial charge is 0.181 e. The molecular formula is C8H17ClO2. The van der Waals surface area contributed by atoms with Gasteiger partial charge in [0.1, 0.15) is 0 Å². The van der Waals surface area contributed by atoms with E-state index >= 15 is 0 Å². The number of rotatable bonds is 6. The molecule has 0 fully saturated rings. The first-order chi connectivity index (χ1) is 5.24. The molecule has 0 rings (SSSR count). The van der Waals surface area contributed by atoms with Gasteiger partial charge in [-0.3, -0.25) is 0 Å². The first-order valence-electron chi connectivity index (χ1n) is 4.08. The molecule has 0 spiro atoms. The standard InChI is InChI=1S/C8H17ClO2/c1-4-8(7-9,10-5-2)11-6-3/h4-7H2,1-3H3. The molecule has 0 amide bonds. The summed E-state index contributed by atoms with van der Waals surface area (Å²) in [6, 6.07) is 0. The number of halogens is 1. The predicted octanol–water partition coefficient (Wildman–Crippen LogP) is 2.40. The average Bonchev–Trinajstić information content (AvgIpc) is 2.04. The molecule has 0 aromatic carbocycles. The summed E-state index contributed by atoms with van der Waals surface area (Å²) in [4.78, 5) is 0. The molecule has 2 nitrogen and oxygen atoms in total. The Hall–Kier alpha value is 0.210. The second-order valence-corrected chi connectivity index (χ2v) is 2.53. The Morgan fingerprint density at radius 3 is 1.73 bits per heavy atom. The lowest BCUT2D eigenvalue weighted by Gasteiger charge is -2.29. The summed E-state index contributed by atoms with van der Waals surface area (Å²) < 4.78 is 10.8. The van der Waals surface area contributed by atoms with Gasteiger partial charge in [-0.25, -0.2) is 0 Å². The third-order valence-electron chi connectivity index (χ3n) is 1.56. The predicted molar refractivity (Wildman–Crippen MR) is 47.0 cm³/mol. The molecule has 0 radical (unpaired) electrons. The Bertz CT molecular complexity index is 84.1. The SMILES string of the molecule is CCOC(CC)(CCl)OCC. The van der Waals surface area contributed by atoms with Gasteiger partial charge in [-0.15, -0.1) is 11.6 Å². The zero-order valence-electron chi connectivity index (χ0n) is 7.52. The zero-order valence-corrected chi connectivity index (χ0v) is 8.28. The van der Waals surface area contributed by atoms with Crippen LogP contribution in [0.5, 0.6) is 0 Å². The number of alkyl halides is 1. The summed E-state index contributed by atoms with van der Waals surface area (Å²) in [5.41, 5.74) is 0. The van der Waals surface area contributed by atoms with E-state index in [1.165, 1.54) is 0 Å². The monoisotopic (exact) mass is 180 g/mol. The van der Waals surface area contributed by atoms with E-state index in [0.29, 0.717) is 19.1 Å². The van der Waals surface area contributed by atoms with Crippen molar-refractivity contribution in [3.63, 3.8) is 0 Å². The van der Waals surface area contributed by atoms with Crippen molar-refractivity contribution in [3.05, 3.63) is 0 Å². The summed E-state index contributed by atoms with van der Waals surface area (Å²) in [5, 5.41) is 0. The number of hydrogen-bond acceptors (Lipinski definition) is 2. The number of hydrogen-bond donors (Lipinski definition) is 0. The van der Waals surface area contributed by atoms with E-state index in [-0.39, 0.29) is 0 Å². The Kier molecular flexibility index (Phi) is 5.92. The topological polar surface area (TPSA) is 18.5 Å². The lowest BCUT2D eigenvalue weighted by Crippen LogP contribution is -2.37. The maximum Gasteiger partial charge on any atom is 0.181 e. The highest BCUT2D eigenvalue weighted by molar-refractivity contribution is 6.18. The molecule has 0 aromatic rings. The van der Waals surface area contributed by atoms with Crippen molar-refractivity contribution >= 4 is 11.6 Å². The van der Waals surface area contributed by atoms with Crippen LogP contribution in [0.1, 0.15) is 27.2 Å². The highest BCUT2D eigenvalue weighted by Crippen LogP contribution is 2.19. The van der Waals surface area contributed by atoms with Gasteiger partial charge >= 0.3 is 0 Å². The Morgan fingerprint density at radius 1 is 1.09 bits per heavy atom. The van der Waals surface area contributed by atoms with Crippen LogP contribution in [-0.2, 0) is 9.47 Å². The van der Waals surface area contributed by atoms with Crippen molar-refractivity contribution in [3.8, 4) is 0 Å². The molecule has 0 aromatic heterocycles. The minimum absolute atomic E-state index is 0.394. The van der Waals surface area contributed by atoms with Crippen LogP contribution < -0.4 is 0 Å². The van der Waals surface area contributed by atoms with Crippen LogP contribution in [0.3, 0.4) is 0 Å². The maximum absolute atomic E-state index is 5.73. The van der Waals surface area contributed by atoms with Crippen LogP contribution >= 0.6 is 11.6 Å². The van der Waals surface area contributed by atoms with Gasteiger partial charge in [0.25, 0.3) is 0 Å². The molecule has 0 bridgehead atoms. The molecule has 11 heavy (non-hydrogen) atoms. The van der Waals surface area contributed by atoms with Crippen LogP contribution in [0.15, 0.2) is 0 Å².